The number of amides is 1. The Morgan fingerprint density at radius 1 is 1.61 bits per heavy atom. The number of nitrogens with zero attached hydrogens (tertiary/aromatic N) is 1. The molecule has 0 unspecified atom stereocenters. The first kappa shape index (κ1) is 14.6. The summed E-state index contributed by atoms with van der Waals surface area (Å²) < 4.78 is 0. The van der Waals surface area contributed by atoms with Gasteiger partial charge in [-0.1, -0.05) is 11.8 Å². The third-order valence-electron chi connectivity index (χ3n) is 2.03. The summed E-state index contributed by atoms with van der Waals surface area (Å²) in [7, 11) is 0. The van der Waals surface area contributed by atoms with Gasteiger partial charge in [-0.25, -0.2) is 4.98 Å². The van der Waals surface area contributed by atoms with Crippen molar-refractivity contribution in [3.05, 3.63) is 23.9 Å². The van der Waals surface area contributed by atoms with E-state index in [9.17, 15) is 4.79 Å². The lowest BCUT2D eigenvalue weighted by Gasteiger charge is -2.03. The average molecular weight is 264 g/mol. The average Bonchev–Trinajstić information content (AvgIpc) is 2.37. The molecule has 1 amide bonds. The number of pyridine rings is 1. The molecule has 0 aliphatic rings. The molecule has 0 bridgehead atoms. The number of carbonyl (C=O) groups excluding carboxylic acids is 1. The van der Waals surface area contributed by atoms with Crippen LogP contribution in [-0.4, -0.2) is 34.6 Å². The molecular weight excluding hydrogens is 248 g/mol. The van der Waals surface area contributed by atoms with Crippen LogP contribution in [0.15, 0.2) is 18.3 Å². The largest absolute Gasteiger partial charge is 0.395 e. The number of nitrogens with one attached hydrogen (secondary N) is 1. The highest BCUT2D eigenvalue weighted by Crippen LogP contribution is 2.07. The normalized spacial score (nSPS) is 9.44. The fraction of sp³-hybridized carbons (Fsp3) is 0.385. The Kier molecular flexibility index (Phi) is 6.92. The van der Waals surface area contributed by atoms with Crippen molar-refractivity contribution in [2.45, 2.75) is 12.8 Å². The molecule has 5 heteroatoms. The molecule has 2 N–H and O–H groups in total. The van der Waals surface area contributed by atoms with Crippen LogP contribution < -0.4 is 5.32 Å². The van der Waals surface area contributed by atoms with E-state index in [1.165, 1.54) is 0 Å². The molecule has 0 saturated heterocycles. The molecule has 96 valence electrons. The summed E-state index contributed by atoms with van der Waals surface area (Å²) in [5.74, 6) is 6.98. The summed E-state index contributed by atoms with van der Waals surface area (Å²) >= 11 is 1.63. The van der Waals surface area contributed by atoms with Gasteiger partial charge in [-0.3, -0.25) is 4.79 Å². The summed E-state index contributed by atoms with van der Waals surface area (Å²) in [4.78, 5) is 15.6. The highest BCUT2D eigenvalue weighted by atomic mass is 32.2. The molecule has 18 heavy (non-hydrogen) atoms. The van der Waals surface area contributed by atoms with E-state index in [-0.39, 0.29) is 12.5 Å². The second-order valence-electron chi connectivity index (χ2n) is 3.50. The van der Waals surface area contributed by atoms with E-state index in [1.54, 1.807) is 30.1 Å². The Hall–Kier alpha value is -1.51. The first-order valence-electron chi connectivity index (χ1n) is 5.61. The minimum atomic E-state index is -0.0442. The molecule has 0 atom stereocenters. The van der Waals surface area contributed by atoms with Crippen LogP contribution in [0.5, 0.6) is 0 Å². The molecule has 0 aromatic carbocycles. The number of aliphatic hydroxyl groups is 1. The summed E-state index contributed by atoms with van der Waals surface area (Å²) in [6, 6.07) is 3.49. The highest BCUT2D eigenvalue weighted by Gasteiger charge is 2.02. The monoisotopic (exact) mass is 264 g/mol. The van der Waals surface area contributed by atoms with Gasteiger partial charge in [-0.15, -0.1) is 0 Å². The van der Waals surface area contributed by atoms with E-state index >= 15 is 0 Å². The predicted octanol–water partition coefficient (Wildman–Crippen LogP) is 1.51. The van der Waals surface area contributed by atoms with Gasteiger partial charge in [0.05, 0.1) is 6.61 Å². The maximum atomic E-state index is 11.5. The zero-order chi connectivity index (χ0) is 13.2. The van der Waals surface area contributed by atoms with Crippen LogP contribution in [0.3, 0.4) is 0 Å². The number of anilines is 1. The van der Waals surface area contributed by atoms with E-state index in [1.807, 2.05) is 6.26 Å². The SMILES string of the molecule is CSCCC(=O)Nc1cc(C#CCCO)ccn1. The van der Waals surface area contributed by atoms with Crippen LogP contribution in [0.2, 0.25) is 0 Å². The van der Waals surface area contributed by atoms with Crippen molar-refractivity contribution in [1.29, 1.82) is 0 Å². The smallest absolute Gasteiger partial charge is 0.226 e. The number of thioether (sulfide) groups is 1. The first-order valence-corrected chi connectivity index (χ1v) is 7.00. The maximum absolute atomic E-state index is 11.5. The zero-order valence-electron chi connectivity index (χ0n) is 10.3. The van der Waals surface area contributed by atoms with Gasteiger partial charge in [-0.2, -0.15) is 11.8 Å². The summed E-state index contributed by atoms with van der Waals surface area (Å²) in [5, 5.41) is 11.4. The lowest BCUT2D eigenvalue weighted by Crippen LogP contribution is -2.13. The van der Waals surface area contributed by atoms with Crippen LogP contribution in [0, 0.1) is 11.8 Å². The van der Waals surface area contributed by atoms with Crippen LogP contribution in [0.4, 0.5) is 5.82 Å². The molecule has 1 aromatic rings. The van der Waals surface area contributed by atoms with Gasteiger partial charge in [-0.05, 0) is 18.4 Å². The van der Waals surface area contributed by atoms with Crippen LogP contribution in [-0.2, 0) is 4.79 Å². The van der Waals surface area contributed by atoms with Crippen molar-refractivity contribution in [3.8, 4) is 11.8 Å². The Morgan fingerprint density at radius 3 is 3.17 bits per heavy atom. The Bertz CT molecular complexity index is 452. The van der Waals surface area contributed by atoms with Gasteiger partial charge < -0.3 is 10.4 Å². The predicted molar refractivity (Wildman–Crippen MR) is 74.4 cm³/mol. The third kappa shape index (κ3) is 5.71. The molecule has 0 spiro atoms. The van der Waals surface area contributed by atoms with E-state index in [0.717, 1.165) is 11.3 Å². The van der Waals surface area contributed by atoms with Crippen molar-refractivity contribution >= 4 is 23.5 Å². The van der Waals surface area contributed by atoms with Gasteiger partial charge in [0.1, 0.15) is 5.82 Å². The van der Waals surface area contributed by atoms with E-state index in [2.05, 4.69) is 22.1 Å². The van der Waals surface area contributed by atoms with Gasteiger partial charge in [0.2, 0.25) is 5.91 Å². The number of aliphatic hydroxyl groups excluding tert-OH is 1. The zero-order valence-corrected chi connectivity index (χ0v) is 11.1. The van der Waals surface area contributed by atoms with E-state index in [4.69, 9.17) is 5.11 Å². The van der Waals surface area contributed by atoms with Gasteiger partial charge in [0.15, 0.2) is 0 Å². The fourth-order valence-corrected chi connectivity index (χ4v) is 1.59. The standard InChI is InChI=1S/C13H16N2O2S/c1-18-9-6-13(17)15-12-10-11(5-7-14-12)4-2-3-8-16/h5,7,10,16H,3,6,8-9H2,1H3,(H,14,15,17). The molecule has 1 heterocycles. The fourth-order valence-electron chi connectivity index (χ4n) is 1.20. The topological polar surface area (TPSA) is 62.2 Å². The van der Waals surface area contributed by atoms with Crippen molar-refractivity contribution in [2.75, 3.05) is 23.9 Å². The number of rotatable bonds is 5. The summed E-state index contributed by atoms with van der Waals surface area (Å²) in [5.41, 5.74) is 0.776. The molecule has 4 nitrogen and oxygen atoms in total. The summed E-state index contributed by atoms with van der Waals surface area (Å²) in [6.07, 6.45) is 4.48. The van der Waals surface area contributed by atoms with Crippen molar-refractivity contribution in [2.24, 2.45) is 0 Å². The lowest BCUT2D eigenvalue weighted by molar-refractivity contribution is -0.115. The molecule has 0 aliphatic heterocycles. The second kappa shape index (κ2) is 8.56. The van der Waals surface area contributed by atoms with Crippen molar-refractivity contribution in [3.63, 3.8) is 0 Å². The number of hydrogen-bond donors (Lipinski definition) is 2. The van der Waals surface area contributed by atoms with E-state index < -0.39 is 0 Å². The maximum Gasteiger partial charge on any atom is 0.226 e. The van der Waals surface area contributed by atoms with Crippen molar-refractivity contribution in [1.82, 2.24) is 4.98 Å². The first-order chi connectivity index (χ1) is 8.76. The number of aromatic nitrogens is 1. The molecule has 0 radical (unpaired) electrons. The van der Waals surface area contributed by atoms with Crippen molar-refractivity contribution < 1.29 is 9.90 Å². The molecule has 0 saturated carbocycles. The Labute approximate surface area is 111 Å². The number of hydrogen-bond acceptors (Lipinski definition) is 4. The minimum Gasteiger partial charge on any atom is -0.395 e. The molecular formula is C13H16N2O2S. The molecule has 0 fully saturated rings. The molecule has 1 aromatic heterocycles. The highest BCUT2D eigenvalue weighted by molar-refractivity contribution is 7.98. The van der Waals surface area contributed by atoms with Crippen LogP contribution in [0.1, 0.15) is 18.4 Å². The van der Waals surface area contributed by atoms with Gasteiger partial charge in [0, 0.05) is 30.4 Å². The summed E-state index contributed by atoms with van der Waals surface area (Å²) in [6.45, 7) is 0.0519. The van der Waals surface area contributed by atoms with Crippen LogP contribution >= 0.6 is 11.8 Å². The number of carbonyl (C=O) groups is 1. The van der Waals surface area contributed by atoms with E-state index in [0.29, 0.717) is 18.7 Å². The molecule has 1 rings (SSSR count). The Morgan fingerprint density at radius 2 is 2.44 bits per heavy atom. The van der Waals surface area contributed by atoms with Gasteiger partial charge in [0.25, 0.3) is 0 Å². The second-order valence-corrected chi connectivity index (χ2v) is 4.48. The van der Waals surface area contributed by atoms with Gasteiger partial charge >= 0.3 is 0 Å². The quantitative estimate of drug-likeness (QED) is 0.791. The third-order valence-corrected chi connectivity index (χ3v) is 2.64. The lowest BCUT2D eigenvalue weighted by atomic mass is 10.2. The van der Waals surface area contributed by atoms with Crippen LogP contribution in [0.25, 0.3) is 0 Å². The minimum absolute atomic E-state index is 0.0442. The molecule has 0 aliphatic carbocycles. The Balaban J connectivity index is 2.60.